The number of benzene rings is 2. The lowest BCUT2D eigenvalue weighted by atomic mass is 10.1. The summed E-state index contributed by atoms with van der Waals surface area (Å²) in [7, 11) is -4.07. The number of carbonyl (C=O) groups excluding carboxylic acids is 1. The second-order valence-corrected chi connectivity index (χ2v) is 8.89. The van der Waals surface area contributed by atoms with E-state index in [1.54, 1.807) is 0 Å². The van der Waals surface area contributed by atoms with Gasteiger partial charge in [0.25, 0.3) is 0 Å². The van der Waals surface area contributed by atoms with Gasteiger partial charge in [0.15, 0.2) is 0 Å². The van der Waals surface area contributed by atoms with Crippen LogP contribution in [0.1, 0.15) is 30.4 Å². The maximum absolute atomic E-state index is 14.0. The molecule has 1 heterocycles. The molecule has 2 aromatic carbocycles. The number of hydrogen-bond acceptors (Lipinski definition) is 3. The zero-order valence-corrected chi connectivity index (χ0v) is 15.6. The van der Waals surface area contributed by atoms with Crippen molar-refractivity contribution >= 4 is 21.6 Å². The van der Waals surface area contributed by atoms with Crippen molar-refractivity contribution in [1.29, 1.82) is 0 Å². The average molecular weight is 388 g/mol. The number of carbonyl (C=O) groups is 1. The molecule has 4 rings (SSSR count). The molecular formula is C20H21FN2O3S. The summed E-state index contributed by atoms with van der Waals surface area (Å²) in [5.74, 6) is -1.17. The fourth-order valence-corrected chi connectivity index (χ4v) is 5.67. The third-order valence-electron chi connectivity index (χ3n) is 5.30. The lowest BCUT2D eigenvalue weighted by Crippen LogP contribution is -2.43. The molecule has 5 nitrogen and oxygen atoms in total. The molecule has 1 aliphatic heterocycles. The van der Waals surface area contributed by atoms with Crippen molar-refractivity contribution in [2.24, 2.45) is 0 Å². The van der Waals surface area contributed by atoms with Gasteiger partial charge in [0.1, 0.15) is 16.8 Å². The largest absolute Gasteiger partial charge is 0.325 e. The van der Waals surface area contributed by atoms with Crippen LogP contribution in [0, 0.1) is 5.82 Å². The smallest absolute Gasteiger partial charge is 0.246 e. The van der Waals surface area contributed by atoms with E-state index in [2.05, 4.69) is 5.32 Å². The minimum atomic E-state index is -4.07. The lowest BCUT2D eigenvalue weighted by Gasteiger charge is -2.23. The first-order valence-electron chi connectivity index (χ1n) is 9.16. The summed E-state index contributed by atoms with van der Waals surface area (Å²) < 4.78 is 40.9. The topological polar surface area (TPSA) is 66.5 Å². The van der Waals surface area contributed by atoms with Gasteiger partial charge >= 0.3 is 0 Å². The predicted octanol–water partition coefficient (Wildman–Crippen LogP) is 3.11. The van der Waals surface area contributed by atoms with Crippen LogP contribution in [0.5, 0.6) is 0 Å². The van der Waals surface area contributed by atoms with E-state index < -0.39 is 21.9 Å². The lowest BCUT2D eigenvalue weighted by molar-refractivity contribution is -0.119. The number of nitrogens with zero attached hydrogens (tertiary/aromatic N) is 1. The van der Waals surface area contributed by atoms with Gasteiger partial charge in [0.05, 0.1) is 0 Å². The Hall–Kier alpha value is -2.25. The van der Waals surface area contributed by atoms with Crippen LogP contribution in [0.25, 0.3) is 0 Å². The Morgan fingerprint density at radius 2 is 1.85 bits per heavy atom. The Bertz CT molecular complexity index is 990. The molecule has 0 radical (unpaired) electrons. The Labute approximate surface area is 158 Å². The number of rotatable bonds is 4. The van der Waals surface area contributed by atoms with Gasteiger partial charge in [-0.3, -0.25) is 4.79 Å². The van der Waals surface area contributed by atoms with Crippen molar-refractivity contribution in [1.82, 2.24) is 4.31 Å². The van der Waals surface area contributed by atoms with Gasteiger partial charge in [-0.05, 0) is 67.5 Å². The van der Waals surface area contributed by atoms with Crippen LogP contribution in [-0.2, 0) is 27.7 Å². The van der Waals surface area contributed by atoms with E-state index in [4.69, 9.17) is 0 Å². The first-order chi connectivity index (χ1) is 13.0. The molecule has 0 saturated carbocycles. The molecule has 1 N–H and O–H groups in total. The predicted molar refractivity (Wildman–Crippen MR) is 100 cm³/mol. The first kappa shape index (κ1) is 18.1. The van der Waals surface area contributed by atoms with Crippen LogP contribution >= 0.6 is 0 Å². The van der Waals surface area contributed by atoms with Gasteiger partial charge in [-0.15, -0.1) is 0 Å². The zero-order chi connectivity index (χ0) is 19.0. The Morgan fingerprint density at radius 3 is 2.67 bits per heavy atom. The molecule has 27 heavy (non-hydrogen) atoms. The van der Waals surface area contributed by atoms with Crippen molar-refractivity contribution in [3.63, 3.8) is 0 Å². The second-order valence-electron chi connectivity index (χ2n) is 7.03. The monoisotopic (exact) mass is 388 g/mol. The van der Waals surface area contributed by atoms with E-state index in [0.717, 1.165) is 29.6 Å². The van der Waals surface area contributed by atoms with Crippen LogP contribution in [0.2, 0.25) is 0 Å². The van der Waals surface area contributed by atoms with Crippen molar-refractivity contribution in [3.05, 3.63) is 59.4 Å². The number of amides is 1. The van der Waals surface area contributed by atoms with Crippen LogP contribution in [-0.4, -0.2) is 31.2 Å². The highest BCUT2D eigenvalue weighted by atomic mass is 32.2. The molecule has 1 saturated heterocycles. The Kier molecular flexibility index (Phi) is 4.74. The molecule has 1 amide bonds. The maximum atomic E-state index is 14.0. The van der Waals surface area contributed by atoms with Gasteiger partial charge in [0, 0.05) is 12.2 Å². The quantitative estimate of drug-likeness (QED) is 0.875. The summed E-state index contributed by atoms with van der Waals surface area (Å²) in [5.41, 5.74) is 3.21. The molecule has 0 bridgehead atoms. The number of fused-ring (bicyclic) bond motifs is 1. The molecule has 1 atom stereocenters. The molecule has 0 spiro atoms. The van der Waals surface area contributed by atoms with Gasteiger partial charge in [-0.1, -0.05) is 18.2 Å². The highest BCUT2D eigenvalue weighted by Gasteiger charge is 2.40. The fraction of sp³-hybridized carbons (Fsp3) is 0.350. The normalized spacial score (nSPS) is 19.8. The molecule has 142 valence electrons. The minimum absolute atomic E-state index is 0.207. The van der Waals surface area contributed by atoms with Crippen LogP contribution < -0.4 is 5.32 Å². The van der Waals surface area contributed by atoms with Crippen molar-refractivity contribution < 1.29 is 17.6 Å². The van der Waals surface area contributed by atoms with Gasteiger partial charge < -0.3 is 5.32 Å². The number of aryl methyl sites for hydroxylation is 2. The third-order valence-corrected chi connectivity index (χ3v) is 7.24. The number of hydrogen-bond donors (Lipinski definition) is 1. The molecule has 0 unspecified atom stereocenters. The number of anilines is 1. The maximum Gasteiger partial charge on any atom is 0.246 e. The summed E-state index contributed by atoms with van der Waals surface area (Å²) in [5, 5.41) is 2.84. The number of halogens is 1. The van der Waals surface area contributed by atoms with E-state index >= 15 is 0 Å². The third kappa shape index (κ3) is 3.37. The van der Waals surface area contributed by atoms with Crippen LogP contribution in [0.4, 0.5) is 10.1 Å². The second kappa shape index (κ2) is 7.05. The average Bonchev–Trinajstić information content (AvgIpc) is 3.31. The van der Waals surface area contributed by atoms with E-state index in [1.807, 2.05) is 18.2 Å². The van der Waals surface area contributed by atoms with Crippen LogP contribution in [0.15, 0.2) is 47.4 Å². The molecule has 2 aliphatic rings. The summed E-state index contributed by atoms with van der Waals surface area (Å²) in [6.07, 6.45) is 4.15. The van der Waals surface area contributed by atoms with Gasteiger partial charge in [0.2, 0.25) is 15.9 Å². The molecule has 7 heteroatoms. The van der Waals surface area contributed by atoms with Crippen molar-refractivity contribution in [2.75, 3.05) is 11.9 Å². The molecule has 2 aromatic rings. The van der Waals surface area contributed by atoms with Crippen molar-refractivity contribution in [2.45, 2.75) is 43.0 Å². The molecule has 1 fully saturated rings. The van der Waals surface area contributed by atoms with E-state index in [9.17, 15) is 17.6 Å². The molecular weight excluding hydrogens is 367 g/mol. The highest BCUT2D eigenvalue weighted by Crippen LogP contribution is 2.29. The van der Waals surface area contributed by atoms with Crippen LogP contribution in [0.3, 0.4) is 0 Å². The highest BCUT2D eigenvalue weighted by molar-refractivity contribution is 7.89. The number of sulfonamides is 1. The molecule has 1 aliphatic carbocycles. The summed E-state index contributed by atoms with van der Waals surface area (Å²) in [6.45, 7) is 0.207. The van der Waals surface area contributed by atoms with Crippen molar-refractivity contribution in [3.8, 4) is 0 Å². The first-order valence-corrected chi connectivity index (χ1v) is 10.6. The number of nitrogens with one attached hydrogen (secondary N) is 1. The van der Waals surface area contributed by atoms with E-state index in [0.29, 0.717) is 18.5 Å². The Morgan fingerprint density at radius 1 is 1.07 bits per heavy atom. The fourth-order valence-electron chi connectivity index (χ4n) is 3.95. The zero-order valence-electron chi connectivity index (χ0n) is 14.8. The van der Waals surface area contributed by atoms with Gasteiger partial charge in [-0.25, -0.2) is 12.8 Å². The summed E-state index contributed by atoms with van der Waals surface area (Å²) >= 11 is 0. The van der Waals surface area contributed by atoms with Gasteiger partial charge in [-0.2, -0.15) is 4.31 Å². The summed E-state index contributed by atoms with van der Waals surface area (Å²) in [6, 6.07) is 10.3. The molecule has 0 aromatic heterocycles. The summed E-state index contributed by atoms with van der Waals surface area (Å²) in [4.78, 5) is 12.4. The SMILES string of the molecule is O=C(Nc1ccc2c(c1)CCC2)[C@H]1CCCN1S(=O)(=O)c1ccccc1F. The van der Waals surface area contributed by atoms with E-state index in [-0.39, 0.29) is 17.3 Å². The minimum Gasteiger partial charge on any atom is -0.325 e. The standard InChI is InChI=1S/C20H21FN2O3S/c21-17-7-1-2-9-19(17)27(25,26)23-12-4-8-18(23)20(24)22-16-11-10-14-5-3-6-15(14)13-16/h1-2,7,9-11,13,18H,3-6,8,12H2,(H,22,24)/t18-/m1/s1. The Balaban J connectivity index is 1.56. The van der Waals surface area contributed by atoms with E-state index in [1.165, 1.54) is 29.3 Å².